The van der Waals surface area contributed by atoms with Crippen LogP contribution in [0.2, 0.25) is 0 Å². The van der Waals surface area contributed by atoms with Gasteiger partial charge in [0.05, 0.1) is 17.9 Å². The lowest BCUT2D eigenvalue weighted by molar-refractivity contribution is 0.0697. The highest BCUT2D eigenvalue weighted by atomic mass is 16.5. The number of tetrazole rings is 1. The van der Waals surface area contributed by atoms with Crippen molar-refractivity contribution < 1.29 is 14.6 Å². The predicted molar refractivity (Wildman–Crippen MR) is 111 cm³/mol. The van der Waals surface area contributed by atoms with Crippen LogP contribution < -0.4 is 5.73 Å². The van der Waals surface area contributed by atoms with Crippen molar-refractivity contribution in [3.8, 4) is 16.8 Å². The SMILES string of the molecule is CCc1nnnn1-c1cc(C(=O)O)cc(-c2ccc(C)cc2)c1.COCC(C)N. The van der Waals surface area contributed by atoms with Gasteiger partial charge in [0, 0.05) is 19.6 Å². The van der Waals surface area contributed by atoms with Crippen molar-refractivity contribution in [1.82, 2.24) is 20.2 Å². The number of methoxy groups -OCH3 is 1. The number of nitrogens with zero attached hydrogens (tertiary/aromatic N) is 4. The Hall–Kier alpha value is -3.10. The second kappa shape index (κ2) is 10.4. The molecule has 0 saturated heterocycles. The molecule has 1 heterocycles. The predicted octanol–water partition coefficient (Wildman–Crippen LogP) is 2.88. The molecule has 0 spiro atoms. The third-order valence-corrected chi connectivity index (χ3v) is 4.07. The van der Waals surface area contributed by atoms with Crippen LogP contribution in [0.3, 0.4) is 0 Å². The fourth-order valence-electron chi connectivity index (χ4n) is 2.66. The number of aromatic carboxylic acids is 1. The first-order valence-electron chi connectivity index (χ1n) is 9.33. The Labute approximate surface area is 170 Å². The van der Waals surface area contributed by atoms with Gasteiger partial charge in [-0.25, -0.2) is 4.79 Å². The molecule has 0 bridgehead atoms. The van der Waals surface area contributed by atoms with Crippen molar-refractivity contribution in [3.63, 3.8) is 0 Å². The van der Waals surface area contributed by atoms with Crippen LogP contribution in [0.25, 0.3) is 16.8 Å². The maximum Gasteiger partial charge on any atom is 0.335 e. The maximum atomic E-state index is 11.5. The number of nitrogens with two attached hydrogens (primary N) is 1. The van der Waals surface area contributed by atoms with Gasteiger partial charge in [0.15, 0.2) is 5.82 Å². The minimum absolute atomic E-state index is 0.176. The number of aromatic nitrogens is 4. The monoisotopic (exact) mass is 397 g/mol. The van der Waals surface area contributed by atoms with E-state index in [1.54, 1.807) is 23.9 Å². The Balaban J connectivity index is 0.000000438. The van der Waals surface area contributed by atoms with E-state index in [2.05, 4.69) is 20.3 Å². The number of carboxylic acid groups (broad SMARTS) is 1. The molecule has 0 saturated carbocycles. The van der Waals surface area contributed by atoms with Crippen molar-refractivity contribution in [2.45, 2.75) is 33.2 Å². The molecular weight excluding hydrogens is 370 g/mol. The summed E-state index contributed by atoms with van der Waals surface area (Å²) in [7, 11) is 1.64. The van der Waals surface area contributed by atoms with Crippen molar-refractivity contribution >= 4 is 5.97 Å². The molecule has 8 heteroatoms. The van der Waals surface area contributed by atoms with Gasteiger partial charge < -0.3 is 15.6 Å². The zero-order chi connectivity index (χ0) is 21.4. The van der Waals surface area contributed by atoms with Crippen LogP contribution in [0.4, 0.5) is 0 Å². The average Bonchev–Trinajstić information content (AvgIpc) is 3.17. The topological polar surface area (TPSA) is 116 Å². The number of ether oxygens (including phenoxy) is 1. The summed E-state index contributed by atoms with van der Waals surface area (Å²) >= 11 is 0. The molecule has 0 amide bonds. The Morgan fingerprint density at radius 1 is 1.21 bits per heavy atom. The number of rotatable bonds is 6. The lowest BCUT2D eigenvalue weighted by atomic mass is 10.0. The van der Waals surface area contributed by atoms with Crippen LogP contribution in [0, 0.1) is 6.92 Å². The number of hydrogen-bond donors (Lipinski definition) is 2. The van der Waals surface area contributed by atoms with E-state index in [0.29, 0.717) is 24.5 Å². The smallest absolute Gasteiger partial charge is 0.335 e. The molecular formula is C21H27N5O3. The molecule has 1 unspecified atom stereocenters. The molecule has 0 radical (unpaired) electrons. The summed E-state index contributed by atoms with van der Waals surface area (Å²) in [6, 6.07) is 13.2. The lowest BCUT2D eigenvalue weighted by Gasteiger charge is -2.09. The van der Waals surface area contributed by atoms with Gasteiger partial charge in [-0.1, -0.05) is 36.8 Å². The molecule has 3 N–H and O–H groups in total. The van der Waals surface area contributed by atoms with Crippen molar-refractivity contribution in [3.05, 3.63) is 59.4 Å². The second-order valence-corrected chi connectivity index (χ2v) is 6.73. The molecule has 154 valence electrons. The highest BCUT2D eigenvalue weighted by Gasteiger charge is 2.13. The van der Waals surface area contributed by atoms with Gasteiger partial charge >= 0.3 is 5.97 Å². The van der Waals surface area contributed by atoms with Gasteiger partial charge in [-0.05, 0) is 53.6 Å². The first kappa shape index (κ1) is 22.2. The second-order valence-electron chi connectivity index (χ2n) is 6.73. The summed E-state index contributed by atoms with van der Waals surface area (Å²) in [5.74, 6) is -0.297. The summed E-state index contributed by atoms with van der Waals surface area (Å²) in [5.41, 5.74) is 9.04. The third kappa shape index (κ3) is 6.20. The molecule has 2 aromatic carbocycles. The molecule has 29 heavy (non-hydrogen) atoms. The molecule has 3 aromatic rings. The van der Waals surface area contributed by atoms with Crippen LogP contribution >= 0.6 is 0 Å². The zero-order valence-electron chi connectivity index (χ0n) is 17.2. The van der Waals surface area contributed by atoms with E-state index in [1.807, 2.05) is 51.1 Å². The minimum Gasteiger partial charge on any atom is -0.478 e. The first-order chi connectivity index (χ1) is 13.8. The highest BCUT2D eigenvalue weighted by molar-refractivity contribution is 5.90. The Kier molecular flexibility index (Phi) is 7.99. The van der Waals surface area contributed by atoms with Crippen LogP contribution in [0.15, 0.2) is 42.5 Å². The van der Waals surface area contributed by atoms with Gasteiger partial charge in [-0.3, -0.25) is 0 Å². The molecule has 1 aromatic heterocycles. The zero-order valence-corrected chi connectivity index (χ0v) is 17.2. The van der Waals surface area contributed by atoms with Crippen molar-refractivity contribution in [2.75, 3.05) is 13.7 Å². The van der Waals surface area contributed by atoms with Crippen molar-refractivity contribution in [2.24, 2.45) is 5.73 Å². The minimum atomic E-state index is -0.980. The van der Waals surface area contributed by atoms with Crippen LogP contribution in [0.1, 0.15) is 35.6 Å². The summed E-state index contributed by atoms with van der Waals surface area (Å²) in [4.78, 5) is 11.5. The largest absolute Gasteiger partial charge is 0.478 e. The molecule has 0 aliphatic rings. The summed E-state index contributed by atoms with van der Waals surface area (Å²) < 4.78 is 6.25. The van der Waals surface area contributed by atoms with Gasteiger partial charge in [0.1, 0.15) is 0 Å². The number of carboxylic acids is 1. The Bertz CT molecular complexity index is 936. The van der Waals surface area contributed by atoms with Gasteiger partial charge in [-0.2, -0.15) is 4.68 Å². The number of aryl methyl sites for hydroxylation is 2. The third-order valence-electron chi connectivity index (χ3n) is 4.07. The maximum absolute atomic E-state index is 11.5. The molecule has 3 rings (SSSR count). The average molecular weight is 397 g/mol. The molecule has 0 fully saturated rings. The van der Waals surface area contributed by atoms with E-state index in [9.17, 15) is 9.90 Å². The normalized spacial score (nSPS) is 11.5. The fraction of sp³-hybridized carbons (Fsp3) is 0.333. The first-order valence-corrected chi connectivity index (χ1v) is 9.33. The Morgan fingerprint density at radius 2 is 1.90 bits per heavy atom. The van der Waals surface area contributed by atoms with E-state index in [0.717, 1.165) is 16.7 Å². The highest BCUT2D eigenvalue weighted by Crippen LogP contribution is 2.25. The summed E-state index contributed by atoms with van der Waals surface area (Å²) in [6.07, 6.45) is 0.657. The van der Waals surface area contributed by atoms with Crippen LogP contribution in [0.5, 0.6) is 0 Å². The number of benzene rings is 2. The van der Waals surface area contributed by atoms with Crippen LogP contribution in [-0.4, -0.2) is 51.0 Å². The molecule has 0 aliphatic heterocycles. The lowest BCUT2D eigenvalue weighted by Crippen LogP contribution is -2.20. The fourth-order valence-corrected chi connectivity index (χ4v) is 2.66. The van der Waals surface area contributed by atoms with Gasteiger partial charge in [-0.15, -0.1) is 5.10 Å². The quantitative estimate of drug-likeness (QED) is 0.657. The Morgan fingerprint density at radius 3 is 2.41 bits per heavy atom. The number of hydrogen-bond acceptors (Lipinski definition) is 6. The van der Waals surface area contributed by atoms with Crippen molar-refractivity contribution in [1.29, 1.82) is 0 Å². The van der Waals surface area contributed by atoms with Gasteiger partial charge in [0.25, 0.3) is 0 Å². The molecule has 1 atom stereocenters. The summed E-state index contributed by atoms with van der Waals surface area (Å²) in [6.45, 7) is 6.52. The van der Waals surface area contributed by atoms with E-state index < -0.39 is 5.97 Å². The number of carbonyl (C=O) groups is 1. The van der Waals surface area contributed by atoms with E-state index in [4.69, 9.17) is 5.73 Å². The van der Waals surface area contributed by atoms with Crippen LogP contribution in [-0.2, 0) is 11.2 Å². The molecule has 8 nitrogen and oxygen atoms in total. The van der Waals surface area contributed by atoms with E-state index >= 15 is 0 Å². The van der Waals surface area contributed by atoms with E-state index in [1.165, 1.54) is 0 Å². The molecule has 0 aliphatic carbocycles. The van der Waals surface area contributed by atoms with Gasteiger partial charge in [0.2, 0.25) is 0 Å². The standard InChI is InChI=1S/C17H16N4O2.C4H11NO/c1-3-16-18-19-20-21(16)15-9-13(8-14(10-15)17(22)23)12-6-4-11(2)5-7-12;1-4(5)3-6-2/h4-10H,3H2,1-2H3,(H,22,23);4H,3,5H2,1-2H3. The van der Waals surface area contributed by atoms with E-state index in [-0.39, 0.29) is 11.6 Å². The summed E-state index contributed by atoms with van der Waals surface area (Å²) in [5, 5.41) is 21.0.